The van der Waals surface area contributed by atoms with Crippen LogP contribution in [0.15, 0.2) is 0 Å². The molecule has 0 amide bonds. The molecule has 0 aliphatic carbocycles. The molecule has 0 aromatic rings. The predicted octanol–water partition coefficient (Wildman–Crippen LogP) is 20.9. The quantitative estimate of drug-likeness (QED) is 0.0222. The first-order chi connectivity index (χ1) is 44.1. The van der Waals surface area contributed by atoms with Crippen LogP contribution < -0.4 is 0 Å². The summed E-state index contributed by atoms with van der Waals surface area (Å²) in [4.78, 5) is 72.6. The molecule has 0 rings (SSSR count). The van der Waals surface area contributed by atoms with Crippen molar-refractivity contribution >= 4 is 39.5 Å². The first-order valence-corrected chi connectivity index (χ1v) is 40.7. The maximum atomic E-state index is 13.0. The molecule has 0 spiro atoms. The van der Waals surface area contributed by atoms with Gasteiger partial charge in [0.15, 0.2) is 12.2 Å². The fraction of sp³-hybridized carbons (Fsp3) is 0.945. The second-order valence-electron chi connectivity index (χ2n) is 28.2. The second kappa shape index (κ2) is 62.6. The van der Waals surface area contributed by atoms with E-state index in [1.54, 1.807) is 0 Å². The normalized spacial score (nSPS) is 14.2. The average Bonchev–Trinajstić information content (AvgIpc) is 2.56. The zero-order valence-electron chi connectivity index (χ0n) is 60.2. The number of hydrogen-bond donors (Lipinski definition) is 3. The van der Waals surface area contributed by atoms with Gasteiger partial charge in [-0.15, -0.1) is 0 Å². The third-order valence-electron chi connectivity index (χ3n) is 16.8. The fourth-order valence-electron chi connectivity index (χ4n) is 11.0. The van der Waals surface area contributed by atoms with E-state index >= 15 is 0 Å². The van der Waals surface area contributed by atoms with E-state index in [1.807, 2.05) is 0 Å². The predicted molar refractivity (Wildman–Crippen MR) is 372 cm³/mol. The number of aliphatic hydroxyl groups excluding tert-OH is 1. The van der Waals surface area contributed by atoms with Crippen molar-refractivity contribution in [2.75, 3.05) is 39.6 Å². The molecule has 17 nitrogen and oxygen atoms in total. The topological polar surface area (TPSA) is 237 Å². The van der Waals surface area contributed by atoms with Crippen LogP contribution in [0.2, 0.25) is 0 Å². The highest BCUT2D eigenvalue weighted by Crippen LogP contribution is 2.45. The van der Waals surface area contributed by atoms with Gasteiger partial charge in [-0.3, -0.25) is 37.3 Å². The van der Waals surface area contributed by atoms with Gasteiger partial charge in [-0.05, 0) is 49.4 Å². The van der Waals surface area contributed by atoms with Crippen LogP contribution in [0.3, 0.4) is 0 Å². The standard InChI is InChI=1S/C73H142O17P2/c1-63(2)49-41-33-25-18-14-12-10-9-11-13-15-21-30-39-47-55-72(77)89-69(60-84-71(76)54-46-38-32-24-28-36-44-52-66(7)8)62-88-92(81,82)86-58-67(74)57-85-91(79,80)87-61-68(90-73(78)56-48-40-31-23-22-27-35-43-51-65(5)6)59-83-70(75)53-45-37-29-20-17-16-19-26-34-42-50-64(3)4/h63-69,74H,9-62H2,1-8H3,(H,79,80)(H,81,82)/t67?,68-,69-/m1/s1. The van der Waals surface area contributed by atoms with Gasteiger partial charge < -0.3 is 33.8 Å². The van der Waals surface area contributed by atoms with Gasteiger partial charge in [-0.1, -0.05) is 312 Å². The lowest BCUT2D eigenvalue weighted by Crippen LogP contribution is -2.30. The lowest BCUT2D eigenvalue weighted by molar-refractivity contribution is -0.161. The monoisotopic (exact) mass is 1350 g/mol. The minimum Gasteiger partial charge on any atom is -0.462 e. The molecule has 0 aromatic heterocycles. The molecule has 0 fully saturated rings. The van der Waals surface area contributed by atoms with Crippen LogP contribution in [0.1, 0.15) is 364 Å². The highest BCUT2D eigenvalue weighted by Gasteiger charge is 2.30. The minimum absolute atomic E-state index is 0.104. The summed E-state index contributed by atoms with van der Waals surface area (Å²) in [5, 5.41) is 10.6. The summed E-state index contributed by atoms with van der Waals surface area (Å²) in [6.45, 7) is 14.1. The Hall–Kier alpha value is -1.94. The Bertz CT molecular complexity index is 1820. The number of rotatable bonds is 70. The maximum Gasteiger partial charge on any atom is 0.472 e. The summed E-state index contributed by atoms with van der Waals surface area (Å²) < 4.78 is 68.4. The Morgan fingerprint density at radius 3 is 0.674 bits per heavy atom. The van der Waals surface area contributed by atoms with Crippen molar-refractivity contribution in [3.8, 4) is 0 Å². The van der Waals surface area contributed by atoms with E-state index in [2.05, 4.69) is 55.4 Å². The molecule has 0 saturated heterocycles. The molecule has 0 aliphatic heterocycles. The van der Waals surface area contributed by atoms with Crippen LogP contribution in [-0.2, 0) is 65.4 Å². The number of ether oxygens (including phenoxy) is 4. The van der Waals surface area contributed by atoms with Gasteiger partial charge in [0.1, 0.15) is 19.3 Å². The number of esters is 4. The van der Waals surface area contributed by atoms with Gasteiger partial charge in [0, 0.05) is 25.7 Å². The Morgan fingerprint density at radius 1 is 0.272 bits per heavy atom. The Balaban J connectivity index is 5.22. The zero-order valence-corrected chi connectivity index (χ0v) is 62.0. The van der Waals surface area contributed by atoms with Gasteiger partial charge in [0.2, 0.25) is 0 Å². The van der Waals surface area contributed by atoms with Crippen molar-refractivity contribution in [1.82, 2.24) is 0 Å². The highest BCUT2D eigenvalue weighted by molar-refractivity contribution is 7.47. The third-order valence-corrected chi connectivity index (χ3v) is 18.7. The lowest BCUT2D eigenvalue weighted by atomic mass is 10.0. The SMILES string of the molecule is CC(C)CCCCCCCCCCCCCCCCCC(=O)O[C@H](COC(=O)CCCCCCCCCC(C)C)COP(=O)(O)OCC(O)COP(=O)(O)OC[C@@H](COC(=O)CCCCCCCCCCCCC(C)C)OC(=O)CCCCCCCCCCC(C)C. The molecule has 3 unspecified atom stereocenters. The molecule has 19 heteroatoms. The molecule has 0 heterocycles. The summed E-state index contributed by atoms with van der Waals surface area (Å²) in [6.07, 6.45) is 46.0. The molecule has 92 heavy (non-hydrogen) atoms. The number of hydrogen-bond acceptors (Lipinski definition) is 15. The number of carbonyl (C=O) groups excluding carboxylic acids is 4. The first-order valence-electron chi connectivity index (χ1n) is 37.7. The van der Waals surface area contributed by atoms with Crippen molar-refractivity contribution < 1.29 is 80.2 Å². The van der Waals surface area contributed by atoms with E-state index in [9.17, 15) is 43.2 Å². The summed E-state index contributed by atoms with van der Waals surface area (Å²) in [7, 11) is -9.91. The highest BCUT2D eigenvalue weighted by atomic mass is 31.2. The van der Waals surface area contributed by atoms with Gasteiger partial charge >= 0.3 is 39.5 Å². The van der Waals surface area contributed by atoms with Crippen LogP contribution in [0.4, 0.5) is 0 Å². The molecule has 3 N–H and O–H groups in total. The van der Waals surface area contributed by atoms with Crippen molar-refractivity contribution in [1.29, 1.82) is 0 Å². The van der Waals surface area contributed by atoms with E-state index in [1.165, 1.54) is 161 Å². The van der Waals surface area contributed by atoms with E-state index in [4.69, 9.17) is 37.0 Å². The van der Waals surface area contributed by atoms with E-state index in [0.29, 0.717) is 31.6 Å². The van der Waals surface area contributed by atoms with Crippen molar-refractivity contribution in [3.63, 3.8) is 0 Å². The smallest absolute Gasteiger partial charge is 0.462 e. The molecule has 0 saturated carbocycles. The van der Waals surface area contributed by atoms with Crippen LogP contribution in [0.25, 0.3) is 0 Å². The van der Waals surface area contributed by atoms with Crippen molar-refractivity contribution in [2.24, 2.45) is 23.7 Å². The Labute approximate surface area is 562 Å². The molecule has 546 valence electrons. The number of unbranched alkanes of at least 4 members (excludes halogenated alkanes) is 36. The average molecular weight is 1350 g/mol. The van der Waals surface area contributed by atoms with Crippen LogP contribution in [0.5, 0.6) is 0 Å². The number of carbonyl (C=O) groups is 4. The Morgan fingerprint density at radius 2 is 0.457 bits per heavy atom. The molecular formula is C73H142O17P2. The fourth-order valence-corrected chi connectivity index (χ4v) is 12.6. The number of phosphoric acid groups is 2. The van der Waals surface area contributed by atoms with E-state index in [0.717, 1.165) is 114 Å². The van der Waals surface area contributed by atoms with Crippen LogP contribution >= 0.6 is 15.6 Å². The van der Waals surface area contributed by atoms with Gasteiger partial charge in [0.25, 0.3) is 0 Å². The molecule has 0 aliphatic rings. The van der Waals surface area contributed by atoms with Crippen LogP contribution in [-0.4, -0.2) is 96.7 Å². The minimum atomic E-state index is -4.95. The maximum absolute atomic E-state index is 13.0. The molecule has 0 aromatic carbocycles. The van der Waals surface area contributed by atoms with E-state index < -0.39 is 97.5 Å². The van der Waals surface area contributed by atoms with Crippen LogP contribution in [0, 0.1) is 23.7 Å². The van der Waals surface area contributed by atoms with E-state index in [-0.39, 0.29) is 25.7 Å². The first kappa shape index (κ1) is 90.1. The second-order valence-corrected chi connectivity index (χ2v) is 31.1. The number of phosphoric ester groups is 2. The Kier molecular flexibility index (Phi) is 61.3. The molecule has 0 radical (unpaired) electrons. The third kappa shape index (κ3) is 66.7. The zero-order chi connectivity index (χ0) is 68.2. The number of aliphatic hydroxyl groups is 1. The van der Waals surface area contributed by atoms with Crippen molar-refractivity contribution in [2.45, 2.75) is 382 Å². The molecule has 0 bridgehead atoms. The molecule has 5 atom stereocenters. The van der Waals surface area contributed by atoms with Gasteiger partial charge in [-0.2, -0.15) is 0 Å². The summed E-state index contributed by atoms with van der Waals surface area (Å²) in [5.74, 6) is 0.857. The lowest BCUT2D eigenvalue weighted by Gasteiger charge is -2.21. The summed E-state index contributed by atoms with van der Waals surface area (Å²) >= 11 is 0. The summed E-state index contributed by atoms with van der Waals surface area (Å²) in [5.41, 5.74) is 0. The molecular weight excluding hydrogens is 1210 g/mol. The van der Waals surface area contributed by atoms with Gasteiger partial charge in [0.05, 0.1) is 26.4 Å². The van der Waals surface area contributed by atoms with Crippen molar-refractivity contribution in [3.05, 3.63) is 0 Å². The van der Waals surface area contributed by atoms with Gasteiger partial charge in [-0.25, -0.2) is 9.13 Å². The largest absolute Gasteiger partial charge is 0.472 e. The summed E-state index contributed by atoms with van der Waals surface area (Å²) in [6, 6.07) is 0.